The molecule has 1 amide bonds. The molecule has 1 atom stereocenters. The van der Waals surface area contributed by atoms with Gasteiger partial charge in [0.05, 0.1) is 21.3 Å². The van der Waals surface area contributed by atoms with Crippen molar-refractivity contribution < 1.29 is 4.79 Å². The van der Waals surface area contributed by atoms with E-state index in [1.807, 2.05) is 50.4 Å². The number of fused-ring (bicyclic) bond motifs is 1. The summed E-state index contributed by atoms with van der Waals surface area (Å²) in [5, 5.41) is 6.19. The van der Waals surface area contributed by atoms with E-state index in [-0.39, 0.29) is 11.9 Å². The highest BCUT2D eigenvalue weighted by molar-refractivity contribution is 7.18. The van der Waals surface area contributed by atoms with E-state index in [2.05, 4.69) is 39.9 Å². The number of hydrogen-bond acceptors (Lipinski definition) is 5. The van der Waals surface area contributed by atoms with Gasteiger partial charge >= 0.3 is 0 Å². The second kappa shape index (κ2) is 8.86. The summed E-state index contributed by atoms with van der Waals surface area (Å²) in [5.41, 5.74) is 3.06. The molecule has 0 aliphatic carbocycles. The Hall–Kier alpha value is -2.54. The molecule has 1 N–H and O–H groups in total. The minimum atomic E-state index is -0.209. The number of nitrogens with zero attached hydrogens (tertiary/aromatic N) is 2. The number of rotatable bonds is 7. The van der Waals surface area contributed by atoms with Gasteiger partial charge in [0.25, 0.3) is 0 Å². The van der Waals surface area contributed by atoms with Gasteiger partial charge in [-0.25, -0.2) is 4.98 Å². The second-order valence-corrected chi connectivity index (χ2v) is 9.26. The molecular weight excluding hydrogens is 398 g/mol. The van der Waals surface area contributed by atoms with Crippen LogP contribution in [0.2, 0.25) is 0 Å². The fourth-order valence-corrected chi connectivity index (χ4v) is 4.88. The van der Waals surface area contributed by atoms with Gasteiger partial charge in [0.15, 0.2) is 0 Å². The molecule has 0 radical (unpaired) electrons. The summed E-state index contributed by atoms with van der Waals surface area (Å²) in [6.07, 6.45) is 0.799. The Morgan fingerprint density at radius 2 is 1.90 bits per heavy atom. The van der Waals surface area contributed by atoms with Crippen LogP contribution < -0.4 is 5.32 Å². The summed E-state index contributed by atoms with van der Waals surface area (Å²) in [4.78, 5) is 20.6. The lowest BCUT2D eigenvalue weighted by Gasteiger charge is -2.23. The Bertz CT molecular complexity index is 1050. The summed E-state index contributed by atoms with van der Waals surface area (Å²) < 4.78 is 1.21. The first kappa shape index (κ1) is 19.8. The van der Waals surface area contributed by atoms with E-state index in [0.29, 0.717) is 0 Å². The lowest BCUT2D eigenvalue weighted by Crippen LogP contribution is -2.39. The Kier molecular flexibility index (Phi) is 6.04. The number of carbonyl (C=O) groups is 1. The van der Waals surface area contributed by atoms with E-state index in [0.717, 1.165) is 29.2 Å². The number of likely N-dealkylation sites (N-methyl/N-ethyl adjacent to an activating group) is 1. The van der Waals surface area contributed by atoms with Gasteiger partial charge in [-0.15, -0.1) is 22.7 Å². The molecule has 0 aliphatic rings. The van der Waals surface area contributed by atoms with Gasteiger partial charge in [-0.3, -0.25) is 9.69 Å². The average molecular weight is 422 g/mol. The molecule has 4 nitrogen and oxygen atoms in total. The number of nitrogens with one attached hydrogen (secondary N) is 1. The number of hydrogen-bond donors (Lipinski definition) is 1. The number of benzene rings is 2. The molecule has 2 aromatic carbocycles. The zero-order valence-electron chi connectivity index (χ0n) is 16.5. The first-order valence-electron chi connectivity index (χ1n) is 9.55. The first-order valence-corrected chi connectivity index (χ1v) is 11.2. The second-order valence-electron chi connectivity index (χ2n) is 7.11. The molecule has 0 bridgehead atoms. The maximum atomic E-state index is 12.6. The van der Waals surface area contributed by atoms with Crippen molar-refractivity contribution >= 4 is 44.5 Å². The summed E-state index contributed by atoms with van der Waals surface area (Å²) in [7, 11) is 1.98. The van der Waals surface area contributed by atoms with Crippen molar-refractivity contribution in [3.63, 3.8) is 0 Å². The van der Waals surface area contributed by atoms with Crippen LogP contribution in [0, 0.1) is 0 Å². The van der Waals surface area contributed by atoms with Crippen LogP contribution >= 0.6 is 22.7 Å². The fraction of sp³-hybridized carbons (Fsp3) is 0.217. The lowest BCUT2D eigenvalue weighted by atomic mass is 10.1. The SMILES string of the molecule is C[C@@H](C(=O)Nc1ccc(Cc2nc3ccccc3s2)cc1)N(C)Cc1cccs1. The first-order chi connectivity index (χ1) is 14.1. The number of carbonyl (C=O) groups excluding carboxylic acids is 1. The maximum absolute atomic E-state index is 12.6. The normalized spacial score (nSPS) is 12.4. The summed E-state index contributed by atoms with van der Waals surface area (Å²) in [6.45, 7) is 2.71. The highest BCUT2D eigenvalue weighted by Crippen LogP contribution is 2.24. The van der Waals surface area contributed by atoms with E-state index in [1.165, 1.54) is 15.1 Å². The summed E-state index contributed by atoms with van der Waals surface area (Å²) in [6, 6.07) is 20.2. The Labute approximate surface area is 178 Å². The predicted octanol–water partition coefficient (Wildman–Crippen LogP) is 5.41. The highest BCUT2D eigenvalue weighted by Gasteiger charge is 2.18. The van der Waals surface area contributed by atoms with Crippen LogP contribution in [-0.2, 0) is 17.8 Å². The Morgan fingerprint density at radius 1 is 1.10 bits per heavy atom. The van der Waals surface area contributed by atoms with Crippen LogP contribution in [0.1, 0.15) is 22.4 Å². The molecule has 4 rings (SSSR count). The van der Waals surface area contributed by atoms with E-state index in [1.54, 1.807) is 22.7 Å². The number of amides is 1. The van der Waals surface area contributed by atoms with Crippen molar-refractivity contribution in [1.29, 1.82) is 0 Å². The van der Waals surface area contributed by atoms with E-state index in [9.17, 15) is 4.79 Å². The van der Waals surface area contributed by atoms with Crippen LogP contribution in [0.4, 0.5) is 5.69 Å². The van der Waals surface area contributed by atoms with E-state index >= 15 is 0 Å². The molecule has 0 aliphatic heterocycles. The lowest BCUT2D eigenvalue weighted by molar-refractivity contribution is -0.120. The Morgan fingerprint density at radius 3 is 2.62 bits per heavy atom. The predicted molar refractivity (Wildman–Crippen MR) is 123 cm³/mol. The number of thiazole rings is 1. The van der Waals surface area contributed by atoms with Gasteiger partial charge in [-0.2, -0.15) is 0 Å². The van der Waals surface area contributed by atoms with E-state index < -0.39 is 0 Å². The monoisotopic (exact) mass is 421 g/mol. The third-order valence-corrected chi connectivity index (χ3v) is 6.84. The number of anilines is 1. The number of aromatic nitrogens is 1. The zero-order chi connectivity index (χ0) is 20.2. The van der Waals surface area contributed by atoms with Crippen molar-refractivity contribution in [1.82, 2.24) is 9.88 Å². The van der Waals surface area contributed by atoms with Gasteiger partial charge in [0, 0.05) is 23.5 Å². The molecule has 0 unspecified atom stereocenters. The van der Waals surface area contributed by atoms with Crippen LogP contribution in [0.15, 0.2) is 66.0 Å². The van der Waals surface area contributed by atoms with Gasteiger partial charge in [0.2, 0.25) is 5.91 Å². The molecule has 148 valence electrons. The van der Waals surface area contributed by atoms with Crippen molar-refractivity contribution in [3.8, 4) is 0 Å². The summed E-state index contributed by atoms with van der Waals surface area (Å²) >= 11 is 3.44. The van der Waals surface area contributed by atoms with Gasteiger partial charge in [-0.05, 0) is 55.2 Å². The fourth-order valence-electron chi connectivity index (χ4n) is 3.11. The highest BCUT2D eigenvalue weighted by atomic mass is 32.1. The van der Waals surface area contributed by atoms with Gasteiger partial charge in [0.1, 0.15) is 0 Å². The smallest absolute Gasteiger partial charge is 0.241 e. The minimum Gasteiger partial charge on any atom is -0.325 e. The molecule has 0 fully saturated rings. The molecule has 0 saturated heterocycles. The zero-order valence-corrected chi connectivity index (χ0v) is 18.1. The van der Waals surface area contributed by atoms with Crippen LogP contribution in [0.25, 0.3) is 10.2 Å². The topological polar surface area (TPSA) is 45.2 Å². The van der Waals surface area contributed by atoms with Crippen LogP contribution in [-0.4, -0.2) is 28.9 Å². The Balaban J connectivity index is 1.35. The quantitative estimate of drug-likeness (QED) is 0.434. The molecule has 2 heterocycles. The molecule has 6 heteroatoms. The van der Waals surface area contributed by atoms with E-state index in [4.69, 9.17) is 4.98 Å². The molecule has 4 aromatic rings. The third-order valence-electron chi connectivity index (χ3n) is 4.94. The molecular formula is C23H23N3OS2. The largest absolute Gasteiger partial charge is 0.325 e. The van der Waals surface area contributed by atoms with Crippen molar-refractivity contribution in [2.75, 3.05) is 12.4 Å². The standard InChI is InChI=1S/C23H23N3OS2/c1-16(26(2)15-19-6-5-13-28-19)23(27)24-18-11-9-17(10-12-18)14-22-25-20-7-3-4-8-21(20)29-22/h3-13,16H,14-15H2,1-2H3,(H,24,27)/t16-/m0/s1. The summed E-state index contributed by atoms with van der Waals surface area (Å²) in [5.74, 6) is 0.00276. The minimum absolute atomic E-state index is 0.00276. The average Bonchev–Trinajstić information content (AvgIpc) is 3.37. The van der Waals surface area contributed by atoms with Crippen LogP contribution in [0.3, 0.4) is 0 Å². The molecule has 0 spiro atoms. The van der Waals surface area contributed by atoms with Crippen molar-refractivity contribution in [2.24, 2.45) is 0 Å². The van der Waals surface area contributed by atoms with Gasteiger partial charge < -0.3 is 5.32 Å². The van der Waals surface area contributed by atoms with Gasteiger partial charge in [-0.1, -0.05) is 30.3 Å². The third kappa shape index (κ3) is 4.90. The molecule has 0 saturated carbocycles. The van der Waals surface area contributed by atoms with Crippen LogP contribution in [0.5, 0.6) is 0 Å². The maximum Gasteiger partial charge on any atom is 0.241 e. The molecule has 2 aromatic heterocycles. The van der Waals surface area contributed by atoms with Crippen molar-refractivity contribution in [3.05, 3.63) is 81.5 Å². The number of para-hydroxylation sites is 1. The number of thiophene rings is 1. The van der Waals surface area contributed by atoms with Crippen molar-refractivity contribution in [2.45, 2.75) is 25.9 Å². The molecule has 29 heavy (non-hydrogen) atoms.